The molecular weight excluding hydrogens is 333 g/mol. The molecule has 0 spiro atoms. The first kappa shape index (κ1) is 17.5. The second-order valence-corrected chi connectivity index (χ2v) is 6.37. The Morgan fingerprint density at radius 2 is 2.36 bits per heavy atom. The van der Waals surface area contributed by atoms with E-state index in [9.17, 15) is 19.9 Å². The zero-order valence-corrected chi connectivity index (χ0v) is 13.7. The molecule has 1 aliphatic heterocycles. The lowest BCUT2D eigenvalue weighted by molar-refractivity contribution is -0.217. The van der Waals surface area contributed by atoms with Gasteiger partial charge >= 0.3 is 0 Å². The highest BCUT2D eigenvalue weighted by Gasteiger charge is 2.52. The lowest BCUT2D eigenvalue weighted by Gasteiger charge is -2.25. The summed E-state index contributed by atoms with van der Waals surface area (Å²) in [5.41, 5.74) is 4.10. The van der Waals surface area contributed by atoms with Crippen molar-refractivity contribution in [3.05, 3.63) is 23.9 Å². The summed E-state index contributed by atoms with van der Waals surface area (Å²) in [4.78, 5) is 3.74. The van der Waals surface area contributed by atoms with E-state index in [-0.39, 0.29) is 23.4 Å². The molecular formula is C15H18FN5O4. The molecule has 3 heterocycles. The highest BCUT2D eigenvalue weighted by molar-refractivity contribution is 5.67. The Labute approximate surface area is 142 Å². The van der Waals surface area contributed by atoms with E-state index in [2.05, 4.69) is 10.1 Å². The van der Waals surface area contributed by atoms with E-state index >= 15 is 0 Å². The van der Waals surface area contributed by atoms with Gasteiger partial charge in [0, 0.05) is 12.5 Å². The molecule has 0 unspecified atom stereocenters. The molecule has 0 aromatic carbocycles. The maximum atomic E-state index is 14.3. The molecule has 0 bridgehead atoms. The number of hydrogen-bond donors (Lipinski definition) is 3. The van der Waals surface area contributed by atoms with Crippen LogP contribution in [0.25, 0.3) is 5.52 Å². The predicted molar refractivity (Wildman–Crippen MR) is 82.4 cm³/mol. The van der Waals surface area contributed by atoms with Crippen molar-refractivity contribution in [1.82, 2.24) is 14.6 Å². The van der Waals surface area contributed by atoms with Crippen molar-refractivity contribution in [3.8, 4) is 6.07 Å². The molecule has 3 rings (SSSR count). The van der Waals surface area contributed by atoms with Gasteiger partial charge in [0.1, 0.15) is 24.0 Å². The Balaban J connectivity index is 2.09. The number of fused-ring (bicyclic) bond motifs is 1. The molecule has 0 saturated carbocycles. The molecule has 10 heteroatoms. The van der Waals surface area contributed by atoms with Gasteiger partial charge in [0.05, 0.1) is 18.4 Å². The van der Waals surface area contributed by atoms with Gasteiger partial charge in [-0.3, -0.25) is 0 Å². The average molecular weight is 351 g/mol. The number of aliphatic hydroxyl groups excluding tert-OH is 1. The van der Waals surface area contributed by atoms with E-state index < -0.39 is 36.0 Å². The second-order valence-electron chi connectivity index (χ2n) is 6.37. The van der Waals surface area contributed by atoms with E-state index in [1.165, 1.54) is 13.8 Å². The number of nitrogens with two attached hydrogens (primary N) is 1. The number of hydrogen-bond acceptors (Lipinski definition) is 8. The fourth-order valence-electron chi connectivity index (χ4n) is 3.04. The lowest BCUT2D eigenvalue weighted by atomic mass is 9.96. The van der Waals surface area contributed by atoms with Crippen LogP contribution in [0, 0.1) is 17.1 Å². The highest BCUT2D eigenvalue weighted by atomic mass is 19.1. The average Bonchev–Trinajstić information content (AvgIpc) is 3.06. The van der Waals surface area contributed by atoms with Crippen LogP contribution in [0.15, 0.2) is 12.4 Å². The van der Waals surface area contributed by atoms with E-state index in [1.54, 1.807) is 0 Å². The first-order chi connectivity index (χ1) is 11.7. The topological polar surface area (TPSA) is 139 Å². The Hall–Kier alpha value is -2.32. The number of aromatic nitrogens is 3. The lowest BCUT2D eigenvalue weighted by Crippen LogP contribution is -2.36. The van der Waals surface area contributed by atoms with Gasteiger partial charge in [0.25, 0.3) is 0 Å². The molecule has 2 aromatic rings. The summed E-state index contributed by atoms with van der Waals surface area (Å²) in [5.74, 6) is -2.27. The summed E-state index contributed by atoms with van der Waals surface area (Å²) in [7, 11) is 0. The number of halogens is 1. The molecule has 2 aromatic heterocycles. The van der Waals surface area contributed by atoms with Crippen LogP contribution in [0.5, 0.6) is 0 Å². The van der Waals surface area contributed by atoms with Gasteiger partial charge in [0.15, 0.2) is 23.0 Å². The van der Waals surface area contributed by atoms with Crippen LogP contribution in [-0.4, -0.2) is 49.4 Å². The SMILES string of the molecule is CC(C)(O)O[C@H]1C[C@](C#N)(c2cc(F)c3c(N)ncnn23)O[C@@H]1CO. The van der Waals surface area contributed by atoms with Crippen LogP contribution in [0.3, 0.4) is 0 Å². The van der Waals surface area contributed by atoms with Crippen LogP contribution in [0.1, 0.15) is 26.0 Å². The molecule has 0 radical (unpaired) electrons. The first-order valence-electron chi connectivity index (χ1n) is 7.59. The number of anilines is 1. The standard InChI is InChI=1S/C15H18FN5O4/c1-14(2,23)24-9-4-15(6-17,25-10(9)5-22)11-3-8(16)12-13(18)19-7-20-21(11)12/h3,7,9-10,22-23H,4-5H2,1-2H3,(H2,18,19,20)/t9-,10+,15-/m0/s1. The zero-order valence-electron chi connectivity index (χ0n) is 13.7. The van der Waals surface area contributed by atoms with Crippen LogP contribution in [0.4, 0.5) is 10.2 Å². The van der Waals surface area contributed by atoms with Crippen LogP contribution >= 0.6 is 0 Å². The van der Waals surface area contributed by atoms with E-state index in [1.807, 2.05) is 6.07 Å². The number of ether oxygens (including phenoxy) is 2. The molecule has 134 valence electrons. The van der Waals surface area contributed by atoms with Crippen molar-refractivity contribution < 1.29 is 24.1 Å². The van der Waals surface area contributed by atoms with Gasteiger partial charge in [-0.1, -0.05) is 0 Å². The number of aliphatic hydroxyl groups is 2. The van der Waals surface area contributed by atoms with Crippen molar-refractivity contribution in [1.29, 1.82) is 5.26 Å². The molecule has 1 fully saturated rings. The third-order valence-corrected chi connectivity index (χ3v) is 4.01. The van der Waals surface area contributed by atoms with Gasteiger partial charge in [-0.25, -0.2) is 13.9 Å². The van der Waals surface area contributed by atoms with Crippen LogP contribution < -0.4 is 5.73 Å². The fourth-order valence-corrected chi connectivity index (χ4v) is 3.04. The molecule has 1 saturated heterocycles. The Morgan fingerprint density at radius 3 is 2.96 bits per heavy atom. The summed E-state index contributed by atoms with van der Waals surface area (Å²) in [6.45, 7) is 2.41. The van der Waals surface area contributed by atoms with E-state index in [4.69, 9.17) is 15.2 Å². The van der Waals surface area contributed by atoms with Gasteiger partial charge in [0.2, 0.25) is 0 Å². The zero-order chi connectivity index (χ0) is 18.4. The fraction of sp³-hybridized carbons (Fsp3) is 0.533. The Bertz CT molecular complexity index is 843. The highest BCUT2D eigenvalue weighted by Crippen LogP contribution is 2.42. The summed E-state index contributed by atoms with van der Waals surface area (Å²) in [6, 6.07) is 3.12. The second kappa shape index (κ2) is 5.89. The number of nitrogen functional groups attached to an aromatic ring is 1. The molecule has 9 nitrogen and oxygen atoms in total. The van der Waals surface area contributed by atoms with Crippen LogP contribution in [-0.2, 0) is 15.1 Å². The van der Waals surface area contributed by atoms with Gasteiger partial charge in [-0.15, -0.1) is 0 Å². The minimum absolute atomic E-state index is 0.0336. The Morgan fingerprint density at radius 1 is 1.64 bits per heavy atom. The normalized spacial score (nSPS) is 26.9. The van der Waals surface area contributed by atoms with Crippen molar-refractivity contribution in [2.24, 2.45) is 0 Å². The largest absolute Gasteiger partial charge is 0.394 e. The van der Waals surface area contributed by atoms with Crippen molar-refractivity contribution in [3.63, 3.8) is 0 Å². The quantitative estimate of drug-likeness (QED) is 0.657. The number of rotatable bonds is 4. The maximum Gasteiger partial charge on any atom is 0.199 e. The minimum Gasteiger partial charge on any atom is -0.394 e. The molecule has 1 aliphatic rings. The molecule has 0 amide bonds. The van der Waals surface area contributed by atoms with Crippen molar-refractivity contribution in [2.45, 2.75) is 43.9 Å². The van der Waals surface area contributed by atoms with Gasteiger partial charge in [-0.05, 0) is 13.8 Å². The third kappa shape index (κ3) is 2.91. The predicted octanol–water partition coefficient (Wildman–Crippen LogP) is 0.0643. The Kier molecular flexibility index (Phi) is 4.12. The van der Waals surface area contributed by atoms with Crippen molar-refractivity contribution >= 4 is 11.3 Å². The minimum atomic E-state index is -1.63. The third-order valence-electron chi connectivity index (χ3n) is 4.01. The first-order valence-corrected chi connectivity index (χ1v) is 7.59. The van der Waals surface area contributed by atoms with Gasteiger partial charge in [-0.2, -0.15) is 10.4 Å². The maximum absolute atomic E-state index is 14.3. The van der Waals surface area contributed by atoms with Crippen LogP contribution in [0.2, 0.25) is 0 Å². The van der Waals surface area contributed by atoms with E-state index in [0.29, 0.717) is 0 Å². The molecule has 25 heavy (non-hydrogen) atoms. The van der Waals surface area contributed by atoms with Gasteiger partial charge < -0.3 is 25.4 Å². The molecule has 3 atom stereocenters. The monoisotopic (exact) mass is 351 g/mol. The summed E-state index contributed by atoms with van der Waals surface area (Å²) < 4.78 is 26.7. The number of nitrogens with zero attached hydrogens (tertiary/aromatic N) is 4. The molecule has 4 N–H and O–H groups in total. The van der Waals surface area contributed by atoms with Crippen molar-refractivity contribution in [2.75, 3.05) is 12.3 Å². The molecule has 0 aliphatic carbocycles. The summed E-state index contributed by atoms with van der Waals surface area (Å²) in [6.07, 6.45) is -0.551. The number of nitriles is 1. The van der Waals surface area contributed by atoms with E-state index in [0.717, 1.165) is 16.9 Å². The smallest absolute Gasteiger partial charge is 0.199 e. The summed E-state index contributed by atoms with van der Waals surface area (Å²) in [5, 5.41) is 33.1. The summed E-state index contributed by atoms with van der Waals surface area (Å²) >= 11 is 0.